The number of halogens is 1. The first-order chi connectivity index (χ1) is 16.5. The minimum Gasteiger partial charge on any atom is -0.496 e. The molecule has 1 aromatic heterocycles. The van der Waals surface area contributed by atoms with Crippen molar-refractivity contribution in [3.8, 4) is 17.0 Å². The Kier molecular flexibility index (Phi) is 5.61. The van der Waals surface area contributed by atoms with Crippen molar-refractivity contribution in [2.75, 3.05) is 20.3 Å². The van der Waals surface area contributed by atoms with Crippen LogP contribution >= 0.6 is 0 Å². The Morgan fingerprint density at radius 2 is 2.03 bits per heavy atom. The van der Waals surface area contributed by atoms with Crippen LogP contribution < -0.4 is 4.74 Å². The summed E-state index contributed by atoms with van der Waals surface area (Å²) in [5.41, 5.74) is 3.45. The summed E-state index contributed by atoms with van der Waals surface area (Å²) in [5, 5.41) is 14.7. The molecule has 3 aromatic rings. The zero-order valence-electron chi connectivity index (χ0n) is 19.5. The third-order valence-electron chi connectivity index (χ3n) is 6.66. The molecular formula is C26H27FN4O3. The molecule has 2 aliphatic heterocycles. The van der Waals surface area contributed by atoms with Crippen LogP contribution in [-0.4, -0.2) is 45.7 Å². The fourth-order valence-electron chi connectivity index (χ4n) is 4.67. The molecule has 0 amide bonds. The Balaban J connectivity index is 1.48. The van der Waals surface area contributed by atoms with Crippen LogP contribution in [0.2, 0.25) is 0 Å². The minimum absolute atomic E-state index is 0.300. The smallest absolute Gasteiger partial charge is 0.260 e. The SMILES string of the molecule is COc1cc(/C=C2\CCCN3C2=NOC3(CO)c2ccc(F)cc2)ccc1-c1cnc(C)n1C. The van der Waals surface area contributed by atoms with Crippen LogP contribution in [0.1, 0.15) is 29.8 Å². The molecule has 7 nitrogen and oxygen atoms in total. The van der Waals surface area contributed by atoms with Gasteiger partial charge in [-0.15, -0.1) is 0 Å². The van der Waals surface area contributed by atoms with E-state index < -0.39 is 5.72 Å². The molecule has 1 fully saturated rings. The molecule has 34 heavy (non-hydrogen) atoms. The van der Waals surface area contributed by atoms with Gasteiger partial charge in [-0.3, -0.25) is 0 Å². The Bertz CT molecular complexity index is 1280. The van der Waals surface area contributed by atoms with E-state index in [2.05, 4.69) is 16.2 Å². The number of methoxy groups -OCH3 is 1. The number of aryl methyl sites for hydroxylation is 1. The summed E-state index contributed by atoms with van der Waals surface area (Å²) in [6.45, 7) is 2.34. The first kappa shape index (κ1) is 22.2. The van der Waals surface area contributed by atoms with Crippen molar-refractivity contribution in [1.29, 1.82) is 0 Å². The van der Waals surface area contributed by atoms with E-state index in [-0.39, 0.29) is 12.4 Å². The number of hydrogen-bond acceptors (Lipinski definition) is 6. The van der Waals surface area contributed by atoms with Gasteiger partial charge in [0, 0.05) is 24.7 Å². The molecular weight excluding hydrogens is 435 g/mol. The van der Waals surface area contributed by atoms with Crippen molar-refractivity contribution >= 4 is 11.9 Å². The summed E-state index contributed by atoms with van der Waals surface area (Å²) in [7, 11) is 3.64. The Morgan fingerprint density at radius 3 is 2.71 bits per heavy atom. The number of fused-ring (bicyclic) bond motifs is 1. The molecule has 5 rings (SSSR count). The van der Waals surface area contributed by atoms with E-state index in [0.29, 0.717) is 17.9 Å². The number of aliphatic hydroxyl groups is 1. The van der Waals surface area contributed by atoms with Gasteiger partial charge >= 0.3 is 0 Å². The number of imidazole rings is 1. The molecule has 0 saturated carbocycles. The van der Waals surface area contributed by atoms with Gasteiger partial charge < -0.3 is 24.1 Å². The van der Waals surface area contributed by atoms with Crippen molar-refractivity contribution in [2.24, 2.45) is 12.2 Å². The number of rotatable bonds is 5. The zero-order chi connectivity index (χ0) is 23.9. The maximum absolute atomic E-state index is 13.5. The summed E-state index contributed by atoms with van der Waals surface area (Å²) in [6, 6.07) is 12.1. The third kappa shape index (κ3) is 3.54. The van der Waals surface area contributed by atoms with E-state index in [1.807, 2.05) is 47.8 Å². The van der Waals surface area contributed by atoms with Crippen molar-refractivity contribution < 1.29 is 19.1 Å². The first-order valence-electron chi connectivity index (χ1n) is 11.3. The van der Waals surface area contributed by atoms with Gasteiger partial charge in [-0.05, 0) is 73.4 Å². The Hall–Kier alpha value is -3.65. The van der Waals surface area contributed by atoms with E-state index in [1.54, 1.807) is 19.2 Å². The van der Waals surface area contributed by atoms with Gasteiger partial charge in [-0.2, -0.15) is 0 Å². The number of ether oxygens (including phenoxy) is 1. The number of benzene rings is 2. The second kappa shape index (κ2) is 8.61. The second-order valence-electron chi connectivity index (χ2n) is 8.59. The van der Waals surface area contributed by atoms with Crippen molar-refractivity contribution in [1.82, 2.24) is 14.5 Å². The molecule has 1 atom stereocenters. The molecule has 1 saturated heterocycles. The maximum Gasteiger partial charge on any atom is 0.260 e. The summed E-state index contributed by atoms with van der Waals surface area (Å²) in [4.78, 5) is 12.2. The van der Waals surface area contributed by atoms with E-state index in [1.165, 1.54) is 12.1 Å². The number of aliphatic hydroxyl groups excluding tert-OH is 1. The molecule has 0 bridgehead atoms. The molecule has 0 spiro atoms. The highest BCUT2D eigenvalue weighted by molar-refractivity contribution is 6.03. The molecule has 0 radical (unpaired) electrons. The number of aromatic nitrogens is 2. The molecule has 0 aliphatic carbocycles. The lowest BCUT2D eigenvalue weighted by Crippen LogP contribution is -2.51. The summed E-state index contributed by atoms with van der Waals surface area (Å²) >= 11 is 0. The molecule has 8 heteroatoms. The lowest BCUT2D eigenvalue weighted by atomic mass is 9.94. The van der Waals surface area contributed by atoms with Gasteiger partial charge in [0.2, 0.25) is 0 Å². The van der Waals surface area contributed by atoms with Crippen molar-refractivity contribution in [2.45, 2.75) is 25.5 Å². The number of nitrogens with zero attached hydrogens (tertiary/aromatic N) is 4. The number of hydrogen-bond donors (Lipinski definition) is 1. The van der Waals surface area contributed by atoms with Crippen LogP contribution in [0.15, 0.2) is 59.4 Å². The summed E-state index contributed by atoms with van der Waals surface area (Å²) < 4.78 is 21.2. The molecule has 2 aliphatic rings. The summed E-state index contributed by atoms with van der Waals surface area (Å²) in [6.07, 6.45) is 5.63. The van der Waals surface area contributed by atoms with Crippen LogP contribution in [-0.2, 0) is 17.6 Å². The van der Waals surface area contributed by atoms with E-state index in [0.717, 1.165) is 46.8 Å². The van der Waals surface area contributed by atoms with Gasteiger partial charge in [-0.25, -0.2) is 9.37 Å². The predicted octanol–water partition coefficient (Wildman–Crippen LogP) is 4.21. The van der Waals surface area contributed by atoms with E-state index in [9.17, 15) is 9.50 Å². The van der Waals surface area contributed by atoms with Crippen molar-refractivity contribution in [3.63, 3.8) is 0 Å². The van der Waals surface area contributed by atoms with Crippen molar-refractivity contribution in [3.05, 3.63) is 77.0 Å². The van der Waals surface area contributed by atoms with Crippen LogP contribution in [0.3, 0.4) is 0 Å². The largest absolute Gasteiger partial charge is 0.496 e. The molecule has 3 heterocycles. The molecule has 2 aromatic carbocycles. The predicted molar refractivity (Wildman–Crippen MR) is 128 cm³/mol. The highest BCUT2D eigenvalue weighted by Crippen LogP contribution is 2.40. The fraction of sp³-hybridized carbons (Fsp3) is 0.308. The number of oxime groups is 1. The van der Waals surface area contributed by atoms with Crippen LogP contribution in [0.5, 0.6) is 5.75 Å². The van der Waals surface area contributed by atoms with Gasteiger partial charge in [0.15, 0.2) is 5.84 Å². The highest BCUT2D eigenvalue weighted by Gasteiger charge is 2.49. The monoisotopic (exact) mass is 462 g/mol. The van der Waals surface area contributed by atoms with E-state index >= 15 is 0 Å². The number of amidine groups is 1. The standard InChI is InChI=1S/C26H27FN4O3/c1-17-28-15-23(30(17)2)22-11-6-18(14-24(22)33-3)13-19-5-4-12-31-25(19)29-34-26(31,16-32)20-7-9-21(27)10-8-20/h6-11,13-15,32H,4-5,12,16H2,1-3H3/b19-13+. The zero-order valence-corrected chi connectivity index (χ0v) is 19.5. The average molecular weight is 463 g/mol. The Labute approximate surface area is 197 Å². The first-order valence-corrected chi connectivity index (χ1v) is 11.3. The van der Waals surface area contributed by atoms with E-state index in [4.69, 9.17) is 9.57 Å². The minimum atomic E-state index is -1.15. The maximum atomic E-state index is 13.5. The lowest BCUT2D eigenvalue weighted by Gasteiger charge is -2.38. The second-order valence-corrected chi connectivity index (χ2v) is 8.59. The molecule has 1 unspecified atom stereocenters. The highest BCUT2D eigenvalue weighted by atomic mass is 19.1. The Morgan fingerprint density at radius 1 is 1.24 bits per heavy atom. The molecule has 176 valence electrons. The molecule has 1 N–H and O–H groups in total. The van der Waals surface area contributed by atoms with Gasteiger partial charge in [0.1, 0.15) is 24.0 Å². The number of piperidine rings is 1. The topological polar surface area (TPSA) is 72.1 Å². The van der Waals surface area contributed by atoms with Crippen LogP contribution in [0, 0.1) is 12.7 Å². The van der Waals surface area contributed by atoms with Crippen LogP contribution in [0.25, 0.3) is 17.3 Å². The average Bonchev–Trinajstić information content (AvgIpc) is 3.41. The van der Waals surface area contributed by atoms with Crippen LogP contribution in [0.4, 0.5) is 4.39 Å². The fourth-order valence-corrected chi connectivity index (χ4v) is 4.67. The lowest BCUT2D eigenvalue weighted by molar-refractivity contribution is -0.137. The summed E-state index contributed by atoms with van der Waals surface area (Å²) in [5.74, 6) is 2.03. The van der Waals surface area contributed by atoms with Gasteiger partial charge in [0.05, 0.1) is 19.0 Å². The van der Waals surface area contributed by atoms with Gasteiger partial charge in [0.25, 0.3) is 5.72 Å². The van der Waals surface area contributed by atoms with Gasteiger partial charge in [-0.1, -0.05) is 11.2 Å². The quantitative estimate of drug-likeness (QED) is 0.615. The third-order valence-corrected chi connectivity index (χ3v) is 6.66. The normalized spacial score (nSPS) is 20.8.